The van der Waals surface area contributed by atoms with Gasteiger partial charge in [0.05, 0.1) is 6.07 Å². The average molecular weight is 300 g/mol. The van der Waals surface area contributed by atoms with Crippen molar-refractivity contribution in [2.45, 2.75) is 85.0 Å². The lowest BCUT2D eigenvalue weighted by atomic mass is 9.75. The lowest BCUT2D eigenvalue weighted by Crippen LogP contribution is -2.18. The van der Waals surface area contributed by atoms with E-state index in [0.717, 1.165) is 30.3 Å². The molecule has 0 heterocycles. The first-order valence-corrected chi connectivity index (χ1v) is 9.43. The summed E-state index contributed by atoms with van der Waals surface area (Å²) in [7, 11) is 0. The zero-order valence-electron chi connectivity index (χ0n) is 14.8. The van der Waals surface area contributed by atoms with Crippen LogP contribution < -0.4 is 0 Å². The Labute approximate surface area is 137 Å². The third-order valence-electron chi connectivity index (χ3n) is 5.68. The van der Waals surface area contributed by atoms with Gasteiger partial charge in [-0.2, -0.15) is 5.26 Å². The third-order valence-corrected chi connectivity index (χ3v) is 5.68. The van der Waals surface area contributed by atoms with Crippen molar-refractivity contribution in [1.82, 2.24) is 0 Å². The van der Waals surface area contributed by atoms with Crippen LogP contribution in [0.2, 0.25) is 0 Å². The molecule has 0 amide bonds. The molecule has 0 fully saturated rings. The molecule has 2 rings (SSSR count). The molecule has 2 aliphatic rings. The van der Waals surface area contributed by atoms with Crippen LogP contribution in [-0.2, 0) is 0 Å². The fourth-order valence-electron chi connectivity index (χ4n) is 4.07. The second-order valence-corrected chi connectivity index (χ2v) is 7.84. The molecule has 0 saturated carbocycles. The smallest absolute Gasteiger partial charge is 0.0950 e. The van der Waals surface area contributed by atoms with Gasteiger partial charge in [0.1, 0.15) is 0 Å². The van der Waals surface area contributed by atoms with Gasteiger partial charge in [-0.1, -0.05) is 39.7 Å². The molecule has 0 aromatic heterocycles. The minimum absolute atomic E-state index is 0.713. The van der Waals surface area contributed by atoms with Gasteiger partial charge in [-0.05, 0) is 80.3 Å². The van der Waals surface area contributed by atoms with E-state index in [-0.39, 0.29) is 0 Å². The Morgan fingerprint density at radius 2 is 1.91 bits per heavy atom. The highest BCUT2D eigenvalue weighted by atomic mass is 14.3. The van der Waals surface area contributed by atoms with Gasteiger partial charge in [0, 0.05) is 5.57 Å². The van der Waals surface area contributed by atoms with Crippen LogP contribution in [0.3, 0.4) is 0 Å². The first-order valence-electron chi connectivity index (χ1n) is 9.43. The van der Waals surface area contributed by atoms with E-state index in [1.807, 2.05) is 0 Å². The molecule has 0 N–H and O–H groups in total. The topological polar surface area (TPSA) is 23.8 Å². The molecule has 1 nitrogen and oxygen atoms in total. The van der Waals surface area contributed by atoms with Crippen molar-refractivity contribution in [1.29, 1.82) is 5.26 Å². The zero-order chi connectivity index (χ0) is 15.9. The number of nitriles is 1. The molecule has 0 radical (unpaired) electrons. The maximum absolute atomic E-state index is 9.71. The van der Waals surface area contributed by atoms with Gasteiger partial charge in [0.15, 0.2) is 0 Å². The van der Waals surface area contributed by atoms with Gasteiger partial charge in [-0.15, -0.1) is 0 Å². The Hall–Kier alpha value is -1.03. The monoisotopic (exact) mass is 299 g/mol. The normalized spacial score (nSPS) is 31.5. The second kappa shape index (κ2) is 8.56. The largest absolute Gasteiger partial charge is 0.193 e. The Morgan fingerprint density at radius 1 is 1.14 bits per heavy atom. The SMILES string of the molecule is CC1CC/C(C#N)=C(/C2=CCCCCCC2)CC(C(C)C)C1. The quantitative estimate of drug-likeness (QED) is 0.565. The molecule has 22 heavy (non-hydrogen) atoms. The van der Waals surface area contributed by atoms with Crippen LogP contribution in [0.25, 0.3) is 0 Å². The number of nitrogens with zero attached hydrogens (tertiary/aromatic N) is 1. The van der Waals surface area contributed by atoms with E-state index in [1.54, 1.807) is 0 Å². The van der Waals surface area contributed by atoms with Gasteiger partial charge < -0.3 is 0 Å². The standard InChI is InChI=1S/C21H33N/c1-16(2)20-13-17(3)11-12-19(15-22)21(14-20)18-9-7-5-4-6-8-10-18/h9,16-17,20H,4-8,10-14H2,1-3H3/b18-9?,21-19-. The third kappa shape index (κ3) is 4.73. The van der Waals surface area contributed by atoms with Crippen molar-refractivity contribution < 1.29 is 0 Å². The van der Waals surface area contributed by atoms with Crippen molar-refractivity contribution in [3.05, 3.63) is 22.8 Å². The highest BCUT2D eigenvalue weighted by Gasteiger charge is 2.25. The lowest BCUT2D eigenvalue weighted by molar-refractivity contribution is 0.290. The summed E-state index contributed by atoms with van der Waals surface area (Å²) in [4.78, 5) is 0. The van der Waals surface area contributed by atoms with Gasteiger partial charge in [-0.25, -0.2) is 0 Å². The molecule has 0 spiro atoms. The molecular formula is C21H33N. The Kier molecular flexibility index (Phi) is 6.74. The summed E-state index contributed by atoms with van der Waals surface area (Å²) >= 11 is 0. The van der Waals surface area contributed by atoms with Crippen LogP contribution in [0.15, 0.2) is 22.8 Å². The van der Waals surface area contributed by atoms with Gasteiger partial charge in [0.25, 0.3) is 0 Å². The predicted molar refractivity (Wildman–Crippen MR) is 94.4 cm³/mol. The highest BCUT2D eigenvalue weighted by molar-refractivity contribution is 5.42. The van der Waals surface area contributed by atoms with Crippen LogP contribution in [0.5, 0.6) is 0 Å². The van der Waals surface area contributed by atoms with Crippen LogP contribution in [0.1, 0.15) is 85.0 Å². The van der Waals surface area contributed by atoms with E-state index in [2.05, 4.69) is 32.9 Å². The van der Waals surface area contributed by atoms with Gasteiger partial charge >= 0.3 is 0 Å². The van der Waals surface area contributed by atoms with Crippen molar-refractivity contribution in [3.63, 3.8) is 0 Å². The molecular weight excluding hydrogens is 266 g/mol. The minimum Gasteiger partial charge on any atom is -0.193 e. The highest BCUT2D eigenvalue weighted by Crippen LogP contribution is 2.38. The molecule has 122 valence electrons. The molecule has 0 aromatic rings. The Bertz CT molecular complexity index is 461. The van der Waals surface area contributed by atoms with Gasteiger partial charge in [-0.3, -0.25) is 0 Å². The first-order chi connectivity index (χ1) is 10.6. The first kappa shape index (κ1) is 17.3. The molecule has 0 bridgehead atoms. The van der Waals surface area contributed by atoms with Crippen molar-refractivity contribution in [3.8, 4) is 6.07 Å². The summed E-state index contributed by atoms with van der Waals surface area (Å²) in [5.74, 6) is 2.20. The Balaban J connectivity index is 2.32. The minimum atomic E-state index is 0.713. The van der Waals surface area contributed by atoms with Crippen LogP contribution in [0, 0.1) is 29.1 Å². The van der Waals surface area contributed by atoms with Crippen molar-refractivity contribution in [2.24, 2.45) is 17.8 Å². The van der Waals surface area contributed by atoms with E-state index >= 15 is 0 Å². The van der Waals surface area contributed by atoms with Gasteiger partial charge in [0.2, 0.25) is 0 Å². The maximum atomic E-state index is 9.71. The summed E-state index contributed by atoms with van der Waals surface area (Å²) in [5.41, 5.74) is 4.07. The molecule has 0 aromatic carbocycles. The van der Waals surface area contributed by atoms with E-state index in [1.165, 1.54) is 62.5 Å². The van der Waals surface area contributed by atoms with Crippen molar-refractivity contribution in [2.75, 3.05) is 0 Å². The van der Waals surface area contributed by atoms with Crippen LogP contribution >= 0.6 is 0 Å². The maximum Gasteiger partial charge on any atom is 0.0950 e. The fourth-order valence-corrected chi connectivity index (χ4v) is 4.07. The average Bonchev–Trinajstić information content (AvgIpc) is 2.43. The summed E-state index contributed by atoms with van der Waals surface area (Å²) in [6, 6.07) is 2.57. The van der Waals surface area contributed by atoms with Crippen LogP contribution in [0.4, 0.5) is 0 Å². The zero-order valence-corrected chi connectivity index (χ0v) is 14.8. The van der Waals surface area contributed by atoms with E-state index < -0.39 is 0 Å². The van der Waals surface area contributed by atoms with E-state index in [0.29, 0.717) is 5.92 Å². The molecule has 2 unspecified atom stereocenters. The lowest BCUT2D eigenvalue weighted by Gasteiger charge is -2.30. The van der Waals surface area contributed by atoms with E-state index in [9.17, 15) is 5.26 Å². The molecule has 2 atom stereocenters. The van der Waals surface area contributed by atoms with E-state index in [4.69, 9.17) is 0 Å². The molecule has 0 aliphatic heterocycles. The second-order valence-electron chi connectivity index (χ2n) is 7.84. The molecule has 0 saturated heterocycles. The fraction of sp³-hybridized carbons (Fsp3) is 0.762. The number of rotatable bonds is 2. The summed E-state index contributed by atoms with van der Waals surface area (Å²) in [6.45, 7) is 7.08. The van der Waals surface area contributed by atoms with Crippen molar-refractivity contribution >= 4 is 0 Å². The molecule has 1 heteroatoms. The number of hydrogen-bond donors (Lipinski definition) is 0. The molecule has 2 aliphatic carbocycles. The number of hydrogen-bond acceptors (Lipinski definition) is 1. The number of allylic oxidation sites excluding steroid dienone is 4. The summed E-state index contributed by atoms with van der Waals surface area (Å²) < 4.78 is 0. The summed E-state index contributed by atoms with van der Waals surface area (Å²) in [6.07, 6.45) is 14.9. The predicted octanol–water partition coefficient (Wildman–Crippen LogP) is 6.57. The van der Waals surface area contributed by atoms with Crippen LogP contribution in [-0.4, -0.2) is 0 Å². The Morgan fingerprint density at radius 3 is 2.64 bits per heavy atom. The summed E-state index contributed by atoms with van der Waals surface area (Å²) in [5, 5.41) is 9.71.